The lowest BCUT2D eigenvalue weighted by atomic mass is 10.1. The number of aliphatic hydroxyl groups excluding tert-OH is 3. The number of aldehydes is 1. The Labute approximate surface area is 63.1 Å². The van der Waals surface area contributed by atoms with Crippen molar-refractivity contribution in [2.24, 2.45) is 0 Å². The van der Waals surface area contributed by atoms with Gasteiger partial charge >= 0.3 is 0 Å². The molecule has 0 bridgehead atoms. The monoisotopic (exact) mass is 164 g/mol. The molecule has 0 fully saturated rings. The molecule has 3 N–H and O–H groups in total. The van der Waals surface area contributed by atoms with E-state index in [9.17, 15) is 4.79 Å². The van der Waals surface area contributed by atoms with Gasteiger partial charge in [-0.2, -0.15) is 0 Å². The van der Waals surface area contributed by atoms with Gasteiger partial charge in [0.05, 0.1) is 0 Å². The molecule has 5 heteroatoms. The van der Waals surface area contributed by atoms with E-state index in [-0.39, 0.29) is 6.29 Å². The van der Waals surface area contributed by atoms with Crippen LogP contribution in [0, 0.1) is 0 Å². The van der Waals surface area contributed by atoms with Crippen LogP contribution in [-0.2, 0) is 4.79 Å². The van der Waals surface area contributed by atoms with Crippen molar-refractivity contribution in [2.45, 2.75) is 18.3 Å². The molecule has 0 aromatic rings. The summed E-state index contributed by atoms with van der Waals surface area (Å²) in [5, 5.41) is 26.9. The van der Waals surface area contributed by atoms with Crippen LogP contribution in [-0.4, -0.2) is 45.3 Å². The summed E-state index contributed by atoms with van der Waals surface area (Å²) in [7, 11) is 0. The standard InChI is InChI=1S/C5H8O4S/c6-1-3(7)5(9)4(8)2-10/h1-5,7-9H/t3-,4+,5+/m0/s1. The van der Waals surface area contributed by atoms with E-state index in [0.717, 1.165) is 5.37 Å². The van der Waals surface area contributed by atoms with E-state index in [2.05, 4.69) is 12.2 Å². The highest BCUT2D eigenvalue weighted by molar-refractivity contribution is 7.79. The Kier molecular flexibility index (Phi) is 4.29. The fourth-order valence-corrected chi connectivity index (χ4v) is 0.524. The number of thiocarbonyl (C=S) groups is 1. The van der Waals surface area contributed by atoms with Gasteiger partial charge in [-0.25, -0.2) is 0 Å². The Balaban J connectivity index is 3.91. The quantitative estimate of drug-likeness (QED) is 0.340. The summed E-state index contributed by atoms with van der Waals surface area (Å²) in [5.74, 6) is 0. The normalized spacial score (nSPS) is 19.1. The van der Waals surface area contributed by atoms with Gasteiger partial charge in [-0.05, 0) is 0 Å². The van der Waals surface area contributed by atoms with E-state index in [0.29, 0.717) is 0 Å². The van der Waals surface area contributed by atoms with Crippen LogP contribution < -0.4 is 0 Å². The Morgan fingerprint density at radius 1 is 1.20 bits per heavy atom. The highest BCUT2D eigenvalue weighted by Crippen LogP contribution is 1.95. The molecule has 0 aromatic carbocycles. The average Bonchev–Trinajstić information content (AvgIpc) is 2.00. The van der Waals surface area contributed by atoms with Crippen molar-refractivity contribution in [3.05, 3.63) is 0 Å². The predicted octanol–water partition coefficient (Wildman–Crippen LogP) is -1.73. The third kappa shape index (κ3) is 2.49. The van der Waals surface area contributed by atoms with E-state index < -0.39 is 18.3 Å². The smallest absolute Gasteiger partial charge is 0.151 e. The highest BCUT2D eigenvalue weighted by atomic mass is 32.1. The molecule has 0 spiro atoms. The molecule has 0 rings (SSSR count). The average molecular weight is 164 g/mol. The molecule has 0 saturated carbocycles. The van der Waals surface area contributed by atoms with Gasteiger partial charge in [-0.15, -0.1) is 0 Å². The van der Waals surface area contributed by atoms with Gasteiger partial charge in [0.2, 0.25) is 0 Å². The Morgan fingerprint density at radius 2 is 1.70 bits per heavy atom. The van der Waals surface area contributed by atoms with Gasteiger partial charge in [0.1, 0.15) is 18.3 Å². The molecule has 0 aliphatic carbocycles. The largest absolute Gasteiger partial charge is 0.387 e. The molecule has 0 amide bonds. The topological polar surface area (TPSA) is 77.8 Å². The fraction of sp³-hybridized carbons (Fsp3) is 0.600. The van der Waals surface area contributed by atoms with E-state index in [4.69, 9.17) is 15.3 Å². The second-order valence-electron chi connectivity index (χ2n) is 1.74. The van der Waals surface area contributed by atoms with Crippen molar-refractivity contribution in [3.8, 4) is 0 Å². The van der Waals surface area contributed by atoms with Crippen LogP contribution in [0.15, 0.2) is 0 Å². The molecule has 10 heavy (non-hydrogen) atoms. The van der Waals surface area contributed by atoms with Crippen LogP contribution in [0.5, 0.6) is 0 Å². The summed E-state index contributed by atoms with van der Waals surface area (Å²) in [6.07, 6.45) is -4.30. The number of carbonyl (C=O) groups excluding carboxylic acids is 1. The summed E-state index contributed by atoms with van der Waals surface area (Å²) >= 11 is 4.26. The van der Waals surface area contributed by atoms with Crippen molar-refractivity contribution in [1.82, 2.24) is 0 Å². The van der Waals surface area contributed by atoms with Gasteiger partial charge in [-0.1, -0.05) is 12.2 Å². The number of hydrogen-bond acceptors (Lipinski definition) is 5. The molecule has 0 unspecified atom stereocenters. The second-order valence-corrected chi connectivity index (χ2v) is 2.02. The zero-order valence-electron chi connectivity index (χ0n) is 5.04. The zero-order chi connectivity index (χ0) is 8.15. The minimum Gasteiger partial charge on any atom is -0.387 e. The molecule has 3 atom stereocenters. The lowest BCUT2D eigenvalue weighted by molar-refractivity contribution is -0.123. The zero-order valence-corrected chi connectivity index (χ0v) is 5.86. The highest BCUT2D eigenvalue weighted by Gasteiger charge is 2.21. The third-order valence-corrected chi connectivity index (χ3v) is 1.26. The Bertz CT molecular complexity index is 113. The second kappa shape index (κ2) is 4.45. The van der Waals surface area contributed by atoms with E-state index in [1.807, 2.05) is 0 Å². The molecule has 58 valence electrons. The van der Waals surface area contributed by atoms with Crippen LogP contribution in [0.2, 0.25) is 0 Å². The number of carbonyl (C=O) groups is 1. The van der Waals surface area contributed by atoms with Crippen LogP contribution in [0.3, 0.4) is 0 Å². The summed E-state index contributed by atoms with van der Waals surface area (Å²) < 4.78 is 0. The molecule has 0 heterocycles. The van der Waals surface area contributed by atoms with Crippen molar-refractivity contribution in [1.29, 1.82) is 0 Å². The first-order chi connectivity index (χ1) is 4.63. The van der Waals surface area contributed by atoms with Crippen LogP contribution in [0.1, 0.15) is 0 Å². The predicted molar refractivity (Wildman–Crippen MR) is 37.7 cm³/mol. The number of hydrogen-bond donors (Lipinski definition) is 3. The Morgan fingerprint density at radius 3 is 2.00 bits per heavy atom. The lowest BCUT2D eigenvalue weighted by Crippen LogP contribution is -2.38. The van der Waals surface area contributed by atoms with Crippen molar-refractivity contribution < 1.29 is 20.1 Å². The van der Waals surface area contributed by atoms with Crippen LogP contribution >= 0.6 is 12.2 Å². The van der Waals surface area contributed by atoms with Crippen molar-refractivity contribution in [2.75, 3.05) is 0 Å². The van der Waals surface area contributed by atoms with Crippen LogP contribution in [0.25, 0.3) is 0 Å². The number of aliphatic hydroxyl groups is 3. The van der Waals surface area contributed by atoms with Crippen molar-refractivity contribution in [3.63, 3.8) is 0 Å². The van der Waals surface area contributed by atoms with Crippen LogP contribution in [0.4, 0.5) is 0 Å². The maximum atomic E-state index is 9.80. The first-order valence-electron chi connectivity index (χ1n) is 2.58. The molecule has 0 saturated heterocycles. The minimum absolute atomic E-state index is 0.132. The molecule has 0 aliphatic rings. The first kappa shape index (κ1) is 9.64. The van der Waals surface area contributed by atoms with Gasteiger partial charge < -0.3 is 20.1 Å². The lowest BCUT2D eigenvalue weighted by Gasteiger charge is -2.14. The van der Waals surface area contributed by atoms with Gasteiger partial charge in [0.15, 0.2) is 6.29 Å². The molecule has 0 aliphatic heterocycles. The molecule has 4 nitrogen and oxygen atoms in total. The van der Waals surface area contributed by atoms with E-state index in [1.54, 1.807) is 0 Å². The van der Waals surface area contributed by atoms with Gasteiger partial charge in [0, 0.05) is 5.37 Å². The summed E-state index contributed by atoms with van der Waals surface area (Å²) in [4.78, 5) is 9.80. The third-order valence-electron chi connectivity index (χ3n) is 0.979. The molecule has 0 radical (unpaired) electrons. The van der Waals surface area contributed by atoms with E-state index >= 15 is 0 Å². The minimum atomic E-state index is -1.57. The SMILES string of the molecule is O=C[C@H](O)[C@@H](O)[C@H](O)C=S. The molecule has 0 aromatic heterocycles. The molecular formula is C5H8O4S. The fourth-order valence-electron chi connectivity index (χ4n) is 0.363. The summed E-state index contributed by atoms with van der Waals surface area (Å²) in [6.45, 7) is 0. The number of rotatable bonds is 4. The summed E-state index contributed by atoms with van der Waals surface area (Å²) in [5.41, 5.74) is 0. The van der Waals surface area contributed by atoms with Gasteiger partial charge in [-0.3, -0.25) is 0 Å². The first-order valence-corrected chi connectivity index (χ1v) is 3.05. The van der Waals surface area contributed by atoms with E-state index in [1.165, 1.54) is 0 Å². The maximum Gasteiger partial charge on any atom is 0.151 e. The van der Waals surface area contributed by atoms with Crippen molar-refractivity contribution >= 4 is 23.9 Å². The summed E-state index contributed by atoms with van der Waals surface area (Å²) in [6, 6.07) is 0. The van der Waals surface area contributed by atoms with Gasteiger partial charge in [0.25, 0.3) is 0 Å². The molecular weight excluding hydrogens is 156 g/mol. The maximum absolute atomic E-state index is 9.80. The Hall–Kier alpha value is -0.360.